The van der Waals surface area contributed by atoms with Crippen molar-refractivity contribution in [3.8, 4) is 0 Å². The van der Waals surface area contributed by atoms with Crippen molar-refractivity contribution in [3.63, 3.8) is 0 Å². The lowest BCUT2D eigenvalue weighted by atomic mass is 10.2. The number of nitrogens with zero attached hydrogens (tertiary/aromatic N) is 2. The molecule has 9 heteroatoms. The first-order valence-corrected chi connectivity index (χ1v) is 11.1. The van der Waals surface area contributed by atoms with E-state index in [0.717, 1.165) is 24.1 Å². The number of hydroxylamine groups is 1. The van der Waals surface area contributed by atoms with Gasteiger partial charge in [0.1, 0.15) is 6.54 Å². The Bertz CT molecular complexity index is 859. The summed E-state index contributed by atoms with van der Waals surface area (Å²) in [4.78, 5) is 20.9. The lowest BCUT2D eigenvalue weighted by molar-refractivity contribution is -0.917. The van der Waals surface area contributed by atoms with Gasteiger partial charge in [0.2, 0.25) is 0 Å². The van der Waals surface area contributed by atoms with Crippen molar-refractivity contribution in [2.75, 3.05) is 40.3 Å². The summed E-state index contributed by atoms with van der Waals surface area (Å²) in [5.41, 5.74) is 1.84. The average Bonchev–Trinajstić information content (AvgIpc) is 3.20. The van der Waals surface area contributed by atoms with Gasteiger partial charge in [0, 0.05) is 18.2 Å². The first-order chi connectivity index (χ1) is 12.9. The minimum Gasteiger partial charge on any atom is -0.328 e. The van der Waals surface area contributed by atoms with Gasteiger partial charge in [-0.3, -0.25) is 9.63 Å². The van der Waals surface area contributed by atoms with Gasteiger partial charge in [0.05, 0.1) is 38.2 Å². The van der Waals surface area contributed by atoms with Gasteiger partial charge < -0.3 is 9.80 Å². The largest absolute Gasteiger partial charge is 0.328 e. The highest BCUT2D eigenvalue weighted by molar-refractivity contribution is 7.89. The number of carbonyl (C=O) groups excluding carboxylic acids is 1. The first kappa shape index (κ1) is 20.0. The highest BCUT2D eigenvalue weighted by Crippen LogP contribution is 2.16. The molecule has 1 aromatic carbocycles. The minimum absolute atomic E-state index is 0.0615. The Balaban J connectivity index is 1.60. The number of rotatable bonds is 6. The zero-order valence-corrected chi connectivity index (χ0v) is 17.1. The van der Waals surface area contributed by atoms with Crippen LogP contribution in [0.4, 0.5) is 0 Å². The van der Waals surface area contributed by atoms with E-state index in [1.54, 1.807) is 23.5 Å². The zero-order chi connectivity index (χ0) is 19.4. The fourth-order valence-corrected chi connectivity index (χ4v) is 4.73. The Morgan fingerprint density at radius 2 is 1.89 bits per heavy atom. The van der Waals surface area contributed by atoms with Crippen LogP contribution >= 0.6 is 11.3 Å². The van der Waals surface area contributed by atoms with Crippen molar-refractivity contribution in [2.24, 2.45) is 0 Å². The third-order valence-corrected chi connectivity index (χ3v) is 7.21. The van der Waals surface area contributed by atoms with E-state index in [1.165, 1.54) is 36.8 Å². The quantitative estimate of drug-likeness (QED) is 0.703. The molecule has 0 bridgehead atoms. The number of benzene rings is 1. The van der Waals surface area contributed by atoms with E-state index in [1.807, 2.05) is 4.90 Å². The predicted octanol–water partition coefficient (Wildman–Crippen LogP) is 0.471. The summed E-state index contributed by atoms with van der Waals surface area (Å²) in [6.07, 6.45) is 0. The highest BCUT2D eigenvalue weighted by atomic mass is 32.2. The van der Waals surface area contributed by atoms with E-state index in [4.69, 9.17) is 4.84 Å². The van der Waals surface area contributed by atoms with Crippen molar-refractivity contribution >= 4 is 27.3 Å². The van der Waals surface area contributed by atoms with Gasteiger partial charge in [-0.2, -0.15) is 11.3 Å². The van der Waals surface area contributed by atoms with Crippen molar-refractivity contribution in [2.45, 2.75) is 11.4 Å². The lowest BCUT2D eigenvalue weighted by Crippen LogP contribution is -3.13. The maximum absolute atomic E-state index is 12.7. The Hall–Kier alpha value is -1.78. The summed E-state index contributed by atoms with van der Waals surface area (Å²) in [5, 5.41) is 4.25. The zero-order valence-electron chi connectivity index (χ0n) is 15.4. The molecule has 2 heterocycles. The summed E-state index contributed by atoms with van der Waals surface area (Å²) >= 11 is 1.71. The van der Waals surface area contributed by atoms with E-state index in [0.29, 0.717) is 18.7 Å². The average molecular weight is 411 g/mol. The van der Waals surface area contributed by atoms with Crippen LogP contribution in [-0.2, 0) is 21.4 Å². The van der Waals surface area contributed by atoms with E-state index in [2.05, 4.69) is 16.8 Å². The molecule has 7 nitrogen and oxygen atoms in total. The van der Waals surface area contributed by atoms with Crippen LogP contribution in [-0.4, -0.2) is 64.0 Å². The van der Waals surface area contributed by atoms with Gasteiger partial charge in [-0.05, 0) is 41.1 Å². The molecule has 1 aliphatic rings. The number of quaternary nitrogens is 1. The van der Waals surface area contributed by atoms with Crippen LogP contribution in [0.5, 0.6) is 0 Å². The standard InChI is InChI=1S/C18H23N3O4S2/c1-19(25-2)27(23,24)17-5-3-16(4-6-17)18(22)21-10-8-20(9-11-21)13-15-7-12-26-14-15/h3-7,12,14H,8-11,13H2,1-2H3/p+1. The molecule has 1 aliphatic heterocycles. The molecule has 0 atom stereocenters. The van der Waals surface area contributed by atoms with Gasteiger partial charge >= 0.3 is 0 Å². The minimum atomic E-state index is -3.70. The number of hydrogen-bond donors (Lipinski definition) is 1. The first-order valence-electron chi connectivity index (χ1n) is 8.69. The molecule has 1 aromatic heterocycles. The molecule has 3 rings (SSSR count). The van der Waals surface area contributed by atoms with Crippen LogP contribution in [0.15, 0.2) is 46.0 Å². The highest BCUT2D eigenvalue weighted by Gasteiger charge is 2.26. The number of carbonyl (C=O) groups is 1. The van der Waals surface area contributed by atoms with Gasteiger partial charge in [-0.15, -0.1) is 0 Å². The van der Waals surface area contributed by atoms with Gasteiger partial charge in [-0.1, -0.05) is 4.47 Å². The van der Waals surface area contributed by atoms with E-state index in [-0.39, 0.29) is 10.8 Å². The SMILES string of the molecule is CON(C)S(=O)(=O)c1ccc(C(=O)N2CC[NH+](Cc3ccsc3)CC2)cc1. The van der Waals surface area contributed by atoms with Crippen LogP contribution in [0.3, 0.4) is 0 Å². The molecule has 0 saturated carbocycles. The summed E-state index contributed by atoms with van der Waals surface area (Å²) in [6.45, 7) is 4.21. The summed E-state index contributed by atoms with van der Waals surface area (Å²) in [6, 6.07) is 8.14. The summed E-state index contributed by atoms with van der Waals surface area (Å²) in [7, 11) is -1.09. The molecule has 0 radical (unpaired) electrons. The Labute approximate surface area is 163 Å². The van der Waals surface area contributed by atoms with Gasteiger partial charge in [0.15, 0.2) is 0 Å². The number of sulfonamides is 1. The van der Waals surface area contributed by atoms with Gasteiger partial charge in [-0.25, -0.2) is 8.42 Å². The summed E-state index contributed by atoms with van der Waals surface area (Å²) in [5.74, 6) is -0.0615. The number of piperazine rings is 1. The van der Waals surface area contributed by atoms with Crippen LogP contribution in [0.2, 0.25) is 0 Å². The number of hydrogen-bond acceptors (Lipinski definition) is 5. The molecule has 1 fully saturated rings. The van der Waals surface area contributed by atoms with E-state index < -0.39 is 10.0 Å². The van der Waals surface area contributed by atoms with Crippen LogP contribution in [0, 0.1) is 0 Å². The monoisotopic (exact) mass is 410 g/mol. The lowest BCUT2D eigenvalue weighted by Gasteiger charge is -2.32. The molecule has 27 heavy (non-hydrogen) atoms. The van der Waals surface area contributed by atoms with E-state index >= 15 is 0 Å². The van der Waals surface area contributed by atoms with Crippen LogP contribution in [0.25, 0.3) is 0 Å². The number of thiophene rings is 1. The molecule has 2 aromatic rings. The number of nitrogens with one attached hydrogen (secondary N) is 1. The van der Waals surface area contributed by atoms with E-state index in [9.17, 15) is 13.2 Å². The van der Waals surface area contributed by atoms with Crippen molar-refractivity contribution in [3.05, 3.63) is 52.2 Å². The third-order valence-electron chi connectivity index (χ3n) is 4.79. The fourth-order valence-electron chi connectivity index (χ4n) is 3.08. The fraction of sp³-hybridized carbons (Fsp3) is 0.389. The van der Waals surface area contributed by atoms with Crippen molar-refractivity contribution < 1.29 is 22.9 Å². The summed E-state index contributed by atoms with van der Waals surface area (Å²) < 4.78 is 25.2. The topological polar surface area (TPSA) is 71.4 Å². The molecule has 0 aliphatic carbocycles. The Kier molecular flexibility index (Phi) is 6.28. The second-order valence-corrected chi connectivity index (χ2v) is 9.19. The second kappa shape index (κ2) is 8.49. The Morgan fingerprint density at radius 3 is 2.44 bits per heavy atom. The molecular weight excluding hydrogens is 386 g/mol. The van der Waals surface area contributed by atoms with Crippen molar-refractivity contribution in [1.29, 1.82) is 0 Å². The molecule has 0 spiro atoms. The molecule has 146 valence electrons. The molecule has 1 amide bonds. The second-order valence-electron chi connectivity index (χ2n) is 6.47. The normalized spacial score (nSPS) is 16.0. The smallest absolute Gasteiger partial charge is 0.264 e. The number of amides is 1. The molecule has 1 saturated heterocycles. The maximum Gasteiger partial charge on any atom is 0.264 e. The third kappa shape index (κ3) is 4.56. The van der Waals surface area contributed by atoms with Crippen LogP contribution in [0.1, 0.15) is 15.9 Å². The molecule has 1 N–H and O–H groups in total. The maximum atomic E-state index is 12.7. The van der Waals surface area contributed by atoms with Gasteiger partial charge in [0.25, 0.3) is 15.9 Å². The molecule has 0 unspecified atom stereocenters. The van der Waals surface area contributed by atoms with Crippen LogP contribution < -0.4 is 4.90 Å². The molecular formula is C18H24N3O4S2+. The predicted molar refractivity (Wildman–Crippen MR) is 103 cm³/mol. The van der Waals surface area contributed by atoms with Crippen molar-refractivity contribution in [1.82, 2.24) is 9.37 Å². The Morgan fingerprint density at radius 1 is 1.22 bits per heavy atom.